The van der Waals surface area contributed by atoms with Crippen molar-refractivity contribution in [2.75, 3.05) is 23.4 Å². The number of carbonyl (C=O) groups excluding carboxylic acids is 1. The molecule has 27 heavy (non-hydrogen) atoms. The second-order valence-electron chi connectivity index (χ2n) is 7.28. The van der Waals surface area contributed by atoms with Crippen LogP contribution in [0.2, 0.25) is 0 Å². The molecular weight excluding hydrogens is 344 g/mol. The van der Waals surface area contributed by atoms with Gasteiger partial charge in [-0.3, -0.25) is 9.88 Å². The van der Waals surface area contributed by atoms with E-state index >= 15 is 0 Å². The number of benzene rings is 1. The van der Waals surface area contributed by atoms with Crippen LogP contribution >= 0.6 is 0 Å². The van der Waals surface area contributed by atoms with E-state index in [1.54, 1.807) is 11.1 Å². The summed E-state index contributed by atoms with van der Waals surface area (Å²) in [5, 5.41) is 22.0. The number of fused-ring (bicyclic) bond motifs is 3. The lowest BCUT2D eigenvalue weighted by Gasteiger charge is -2.32. The minimum Gasteiger partial charge on any atom is -0.441 e. The minimum absolute atomic E-state index is 0.190. The van der Waals surface area contributed by atoms with Gasteiger partial charge >= 0.3 is 6.09 Å². The highest BCUT2D eigenvalue weighted by Gasteiger charge is 2.46. The first-order chi connectivity index (χ1) is 13.1. The second-order valence-corrected chi connectivity index (χ2v) is 7.28. The van der Waals surface area contributed by atoms with Crippen LogP contribution in [0.1, 0.15) is 18.5 Å². The number of hydrogen-bond donors (Lipinski definition) is 2. The zero-order valence-electron chi connectivity index (χ0n) is 14.6. The quantitative estimate of drug-likeness (QED) is 0.870. The molecule has 2 aliphatic heterocycles. The van der Waals surface area contributed by atoms with E-state index in [-0.39, 0.29) is 18.1 Å². The molecule has 2 fully saturated rings. The highest BCUT2D eigenvalue weighted by Crippen LogP contribution is 2.47. The first-order valence-corrected chi connectivity index (χ1v) is 9.02. The molecule has 1 aromatic heterocycles. The van der Waals surface area contributed by atoms with Crippen LogP contribution < -0.4 is 10.2 Å². The number of pyridine rings is 1. The molecule has 2 aromatic rings. The van der Waals surface area contributed by atoms with Gasteiger partial charge in [0.25, 0.3) is 0 Å². The van der Waals surface area contributed by atoms with E-state index in [1.165, 1.54) is 0 Å². The maximum absolute atomic E-state index is 12.2. The Hall–Kier alpha value is -3.11. The van der Waals surface area contributed by atoms with Crippen LogP contribution in [0.3, 0.4) is 0 Å². The molecule has 7 heteroatoms. The molecule has 1 amide bonds. The van der Waals surface area contributed by atoms with Gasteiger partial charge < -0.3 is 15.2 Å². The van der Waals surface area contributed by atoms with Crippen LogP contribution in [-0.4, -0.2) is 41.5 Å². The SMILES string of the molecule is N#CC1(c2ccc(-c3ccc4c(c3)NCC3C(CO)OC(=O)N43)cn2)CC1. The number of carbonyl (C=O) groups is 1. The van der Waals surface area contributed by atoms with Crippen molar-refractivity contribution in [2.24, 2.45) is 0 Å². The predicted molar refractivity (Wildman–Crippen MR) is 98.3 cm³/mol. The van der Waals surface area contributed by atoms with Crippen LogP contribution in [0.4, 0.5) is 16.2 Å². The fourth-order valence-corrected chi connectivity index (χ4v) is 3.90. The summed E-state index contributed by atoms with van der Waals surface area (Å²) in [6.45, 7) is 0.333. The number of rotatable bonds is 3. The molecule has 2 N–H and O–H groups in total. The molecular formula is C20H18N4O3. The molecule has 1 saturated heterocycles. The maximum atomic E-state index is 12.2. The molecule has 1 aromatic carbocycles. The summed E-state index contributed by atoms with van der Waals surface area (Å²) in [6.07, 6.45) is 2.61. The monoisotopic (exact) mass is 362 g/mol. The van der Waals surface area contributed by atoms with Crippen molar-refractivity contribution in [3.63, 3.8) is 0 Å². The van der Waals surface area contributed by atoms with Crippen LogP contribution in [0.25, 0.3) is 11.1 Å². The third-order valence-electron chi connectivity index (χ3n) is 5.70. The fraction of sp³-hybridized carbons (Fsp3) is 0.350. The Labute approximate surface area is 156 Å². The Balaban J connectivity index is 1.46. The number of anilines is 2. The van der Waals surface area contributed by atoms with E-state index in [2.05, 4.69) is 16.4 Å². The van der Waals surface area contributed by atoms with Gasteiger partial charge in [-0.05, 0) is 36.6 Å². The third kappa shape index (κ3) is 2.37. The number of cyclic esters (lactones) is 1. The minimum atomic E-state index is -0.510. The molecule has 0 spiro atoms. The van der Waals surface area contributed by atoms with Crippen molar-refractivity contribution in [3.8, 4) is 17.2 Å². The summed E-state index contributed by atoms with van der Waals surface area (Å²) in [7, 11) is 0. The molecule has 2 atom stereocenters. The number of amides is 1. The summed E-state index contributed by atoms with van der Waals surface area (Å²) < 4.78 is 5.25. The Morgan fingerprint density at radius 1 is 1.33 bits per heavy atom. The van der Waals surface area contributed by atoms with Crippen LogP contribution in [-0.2, 0) is 10.2 Å². The Morgan fingerprint density at radius 2 is 2.15 bits per heavy atom. The maximum Gasteiger partial charge on any atom is 0.415 e. The van der Waals surface area contributed by atoms with Crippen LogP contribution in [0.15, 0.2) is 36.5 Å². The molecule has 3 heterocycles. The summed E-state index contributed by atoms with van der Waals surface area (Å²) >= 11 is 0. The summed E-state index contributed by atoms with van der Waals surface area (Å²) in [5.74, 6) is 0. The molecule has 5 rings (SSSR count). The van der Waals surface area contributed by atoms with Crippen molar-refractivity contribution in [1.29, 1.82) is 5.26 Å². The average Bonchev–Trinajstić information content (AvgIpc) is 3.45. The number of aliphatic hydroxyl groups excluding tert-OH is 1. The van der Waals surface area contributed by atoms with E-state index in [0.29, 0.717) is 6.54 Å². The normalized spacial score (nSPS) is 24.3. The Bertz CT molecular complexity index is 962. The van der Waals surface area contributed by atoms with Gasteiger partial charge in [0.2, 0.25) is 0 Å². The molecule has 1 saturated carbocycles. The van der Waals surface area contributed by atoms with Gasteiger partial charge in [0.1, 0.15) is 6.10 Å². The first-order valence-electron chi connectivity index (χ1n) is 9.02. The standard InChI is InChI=1S/C20H18N4O3/c21-11-20(5-6-20)18-4-2-13(8-23-18)12-1-3-15-14(7-12)22-9-16-17(10-25)27-19(26)24(15)16/h1-4,7-8,16-17,22,25H,5-6,9-10H2. The Morgan fingerprint density at radius 3 is 2.81 bits per heavy atom. The molecule has 7 nitrogen and oxygen atoms in total. The van der Waals surface area contributed by atoms with Crippen molar-refractivity contribution in [3.05, 3.63) is 42.2 Å². The lowest BCUT2D eigenvalue weighted by molar-refractivity contribution is 0.0846. The zero-order valence-corrected chi connectivity index (χ0v) is 14.6. The topological polar surface area (TPSA) is 98.5 Å². The van der Waals surface area contributed by atoms with E-state index in [1.807, 2.05) is 30.3 Å². The third-order valence-corrected chi connectivity index (χ3v) is 5.70. The number of aromatic nitrogens is 1. The Kier molecular flexibility index (Phi) is 3.39. The molecule has 0 radical (unpaired) electrons. The molecule has 0 bridgehead atoms. The number of hydrogen-bond acceptors (Lipinski definition) is 6. The van der Waals surface area contributed by atoms with Gasteiger partial charge in [-0.15, -0.1) is 0 Å². The van der Waals surface area contributed by atoms with Gasteiger partial charge in [0, 0.05) is 18.3 Å². The van der Waals surface area contributed by atoms with Gasteiger partial charge in [-0.2, -0.15) is 5.26 Å². The van der Waals surface area contributed by atoms with Crippen molar-refractivity contribution in [1.82, 2.24) is 4.98 Å². The van der Waals surface area contributed by atoms with Gasteiger partial charge in [-0.25, -0.2) is 4.79 Å². The number of nitrogens with one attached hydrogen (secondary N) is 1. The van der Waals surface area contributed by atoms with E-state index in [0.717, 1.165) is 41.0 Å². The predicted octanol–water partition coefficient (Wildman–Crippen LogP) is 2.42. The first kappa shape index (κ1) is 16.1. The smallest absolute Gasteiger partial charge is 0.415 e. The number of nitriles is 1. The molecule has 136 valence electrons. The lowest BCUT2D eigenvalue weighted by Crippen LogP contribution is -2.46. The molecule has 1 aliphatic carbocycles. The largest absolute Gasteiger partial charge is 0.441 e. The fourth-order valence-electron chi connectivity index (χ4n) is 3.90. The van der Waals surface area contributed by atoms with Gasteiger partial charge in [0.15, 0.2) is 0 Å². The van der Waals surface area contributed by atoms with Crippen molar-refractivity contribution >= 4 is 17.5 Å². The van der Waals surface area contributed by atoms with Crippen molar-refractivity contribution in [2.45, 2.75) is 30.4 Å². The summed E-state index contributed by atoms with van der Waals surface area (Å²) in [5.41, 5.74) is 3.98. The van der Waals surface area contributed by atoms with E-state index in [4.69, 9.17) is 4.74 Å². The summed E-state index contributed by atoms with van der Waals surface area (Å²) in [4.78, 5) is 18.3. The highest BCUT2D eigenvalue weighted by molar-refractivity contribution is 5.97. The molecule has 3 aliphatic rings. The number of nitrogens with zero attached hydrogens (tertiary/aromatic N) is 3. The van der Waals surface area contributed by atoms with Crippen LogP contribution in [0.5, 0.6) is 0 Å². The van der Waals surface area contributed by atoms with Crippen molar-refractivity contribution < 1.29 is 14.6 Å². The lowest BCUT2D eigenvalue weighted by atomic mass is 9.99. The van der Waals surface area contributed by atoms with Gasteiger partial charge in [0.05, 0.1) is 41.2 Å². The van der Waals surface area contributed by atoms with Gasteiger partial charge in [-0.1, -0.05) is 12.1 Å². The molecule has 2 unspecified atom stereocenters. The number of aliphatic hydroxyl groups is 1. The van der Waals surface area contributed by atoms with Crippen LogP contribution in [0, 0.1) is 11.3 Å². The average molecular weight is 362 g/mol. The summed E-state index contributed by atoms with van der Waals surface area (Å²) in [6, 6.07) is 11.9. The number of ether oxygens (including phenoxy) is 1. The van der Waals surface area contributed by atoms with E-state index < -0.39 is 12.2 Å². The van der Waals surface area contributed by atoms with E-state index in [9.17, 15) is 15.2 Å². The second kappa shape index (κ2) is 5.69. The zero-order chi connectivity index (χ0) is 18.6. The highest BCUT2D eigenvalue weighted by atomic mass is 16.6.